The quantitative estimate of drug-likeness (QED) is 0.754. The first kappa shape index (κ1) is 17.0. The van der Waals surface area contributed by atoms with E-state index in [1.165, 1.54) is 18.4 Å². The van der Waals surface area contributed by atoms with E-state index in [1.54, 1.807) is 7.11 Å². The predicted octanol–water partition coefficient (Wildman–Crippen LogP) is 3.08. The molecular weight excluding hydrogens is 248 g/mol. The Balaban J connectivity index is 2.58. The summed E-state index contributed by atoms with van der Waals surface area (Å²) in [5.74, 6) is 0.912. The molecule has 0 fully saturated rings. The predicted molar refractivity (Wildman–Crippen MR) is 86.3 cm³/mol. The van der Waals surface area contributed by atoms with Crippen molar-refractivity contribution in [1.82, 2.24) is 4.90 Å². The summed E-state index contributed by atoms with van der Waals surface area (Å²) in [6.45, 7) is 6.31. The highest BCUT2D eigenvalue weighted by Gasteiger charge is 2.26. The van der Waals surface area contributed by atoms with Crippen LogP contribution in [0.3, 0.4) is 0 Å². The van der Waals surface area contributed by atoms with E-state index in [9.17, 15) is 0 Å². The van der Waals surface area contributed by atoms with Gasteiger partial charge in [-0.2, -0.15) is 0 Å². The summed E-state index contributed by atoms with van der Waals surface area (Å²) in [4.78, 5) is 2.42. The second-order valence-corrected chi connectivity index (χ2v) is 5.82. The van der Waals surface area contributed by atoms with Crippen LogP contribution in [0.1, 0.15) is 38.7 Å². The molecule has 114 valence electrons. The fraction of sp³-hybridized carbons (Fsp3) is 0.647. The Bertz CT molecular complexity index is 377. The van der Waals surface area contributed by atoms with Crippen molar-refractivity contribution < 1.29 is 4.74 Å². The maximum atomic E-state index is 6.03. The van der Waals surface area contributed by atoms with Crippen LogP contribution < -0.4 is 10.5 Å². The van der Waals surface area contributed by atoms with Crippen molar-refractivity contribution in [3.63, 3.8) is 0 Å². The van der Waals surface area contributed by atoms with Crippen LogP contribution in [0.5, 0.6) is 5.75 Å². The fourth-order valence-corrected chi connectivity index (χ4v) is 2.32. The molecule has 1 aromatic rings. The number of aryl methyl sites for hydroxylation is 1. The third kappa shape index (κ3) is 4.80. The average Bonchev–Trinajstić information content (AvgIpc) is 2.50. The Kier molecular flexibility index (Phi) is 7.03. The van der Waals surface area contributed by atoms with Crippen LogP contribution in [0.2, 0.25) is 0 Å². The number of benzene rings is 1. The number of nitrogens with zero attached hydrogens (tertiary/aromatic N) is 1. The van der Waals surface area contributed by atoms with Crippen LogP contribution in [0.15, 0.2) is 24.3 Å². The van der Waals surface area contributed by atoms with Gasteiger partial charge in [-0.25, -0.2) is 0 Å². The SMILES string of the molecule is CCCCN(C)C(C)(CN)CCc1ccc(OC)cc1. The fourth-order valence-electron chi connectivity index (χ4n) is 2.32. The maximum Gasteiger partial charge on any atom is 0.118 e. The lowest BCUT2D eigenvalue weighted by atomic mass is 9.91. The molecule has 0 bridgehead atoms. The van der Waals surface area contributed by atoms with E-state index in [0.29, 0.717) is 6.54 Å². The molecule has 0 aromatic heterocycles. The highest BCUT2D eigenvalue weighted by molar-refractivity contribution is 5.27. The Morgan fingerprint density at radius 2 is 1.90 bits per heavy atom. The van der Waals surface area contributed by atoms with Crippen LogP contribution in [0.4, 0.5) is 0 Å². The van der Waals surface area contributed by atoms with E-state index >= 15 is 0 Å². The van der Waals surface area contributed by atoms with E-state index in [0.717, 1.165) is 25.1 Å². The van der Waals surface area contributed by atoms with Gasteiger partial charge in [0.15, 0.2) is 0 Å². The number of hydrogen-bond donors (Lipinski definition) is 1. The third-order valence-electron chi connectivity index (χ3n) is 4.32. The lowest BCUT2D eigenvalue weighted by Crippen LogP contribution is -2.50. The van der Waals surface area contributed by atoms with E-state index < -0.39 is 0 Å². The highest BCUT2D eigenvalue weighted by Crippen LogP contribution is 2.21. The molecule has 3 nitrogen and oxygen atoms in total. The van der Waals surface area contributed by atoms with Gasteiger partial charge in [0.05, 0.1) is 7.11 Å². The largest absolute Gasteiger partial charge is 0.497 e. The number of nitrogens with two attached hydrogens (primary N) is 1. The highest BCUT2D eigenvalue weighted by atomic mass is 16.5. The first-order chi connectivity index (χ1) is 9.55. The molecule has 20 heavy (non-hydrogen) atoms. The molecule has 0 aliphatic rings. The molecular formula is C17H30N2O. The maximum absolute atomic E-state index is 6.03. The summed E-state index contributed by atoms with van der Waals surface area (Å²) in [5.41, 5.74) is 7.45. The van der Waals surface area contributed by atoms with Crippen LogP contribution in [0.25, 0.3) is 0 Å². The molecule has 1 atom stereocenters. The molecule has 0 heterocycles. The zero-order chi connectivity index (χ0) is 15.0. The number of hydrogen-bond acceptors (Lipinski definition) is 3. The summed E-state index contributed by atoms with van der Waals surface area (Å²) in [7, 11) is 3.89. The van der Waals surface area contributed by atoms with Gasteiger partial charge in [0.1, 0.15) is 5.75 Å². The number of unbranched alkanes of at least 4 members (excludes halogenated alkanes) is 1. The zero-order valence-electron chi connectivity index (χ0n) is 13.5. The lowest BCUT2D eigenvalue weighted by Gasteiger charge is -2.38. The van der Waals surface area contributed by atoms with Gasteiger partial charge in [-0.05, 0) is 57.5 Å². The second kappa shape index (κ2) is 8.28. The summed E-state index contributed by atoms with van der Waals surface area (Å²) < 4.78 is 5.19. The van der Waals surface area contributed by atoms with Gasteiger partial charge >= 0.3 is 0 Å². The van der Waals surface area contributed by atoms with Crippen LogP contribution in [-0.2, 0) is 6.42 Å². The van der Waals surface area contributed by atoms with Gasteiger partial charge in [-0.1, -0.05) is 25.5 Å². The van der Waals surface area contributed by atoms with Gasteiger partial charge in [-0.3, -0.25) is 4.90 Å². The topological polar surface area (TPSA) is 38.5 Å². The summed E-state index contributed by atoms with van der Waals surface area (Å²) >= 11 is 0. The monoisotopic (exact) mass is 278 g/mol. The Morgan fingerprint density at radius 1 is 1.25 bits per heavy atom. The minimum atomic E-state index is 0.0785. The van der Waals surface area contributed by atoms with Gasteiger partial charge in [0, 0.05) is 12.1 Å². The molecule has 0 aliphatic carbocycles. The summed E-state index contributed by atoms with van der Waals surface area (Å²) in [5, 5.41) is 0. The molecule has 3 heteroatoms. The van der Waals surface area contributed by atoms with Crippen molar-refractivity contribution in [3.8, 4) is 5.75 Å². The standard InChI is InChI=1S/C17H30N2O/c1-5-6-13-19(3)17(2,14-18)12-11-15-7-9-16(20-4)10-8-15/h7-10H,5-6,11-14,18H2,1-4H3. The van der Waals surface area contributed by atoms with Crippen LogP contribution in [-0.4, -0.2) is 37.7 Å². The molecule has 2 N–H and O–H groups in total. The molecule has 0 spiro atoms. The number of rotatable bonds is 9. The molecule has 0 amide bonds. The first-order valence-electron chi connectivity index (χ1n) is 7.60. The summed E-state index contributed by atoms with van der Waals surface area (Å²) in [6.07, 6.45) is 4.59. The van der Waals surface area contributed by atoms with Crippen molar-refractivity contribution in [3.05, 3.63) is 29.8 Å². The lowest BCUT2D eigenvalue weighted by molar-refractivity contribution is 0.132. The summed E-state index contributed by atoms with van der Waals surface area (Å²) in [6, 6.07) is 8.33. The van der Waals surface area contributed by atoms with Crippen molar-refractivity contribution in [1.29, 1.82) is 0 Å². The van der Waals surface area contributed by atoms with Crippen molar-refractivity contribution >= 4 is 0 Å². The Labute approximate surface area is 124 Å². The van der Waals surface area contributed by atoms with Gasteiger partial charge < -0.3 is 10.5 Å². The zero-order valence-corrected chi connectivity index (χ0v) is 13.5. The van der Waals surface area contributed by atoms with E-state index in [1.807, 2.05) is 12.1 Å². The van der Waals surface area contributed by atoms with Crippen LogP contribution in [0, 0.1) is 0 Å². The molecule has 0 saturated heterocycles. The molecule has 1 rings (SSSR count). The smallest absolute Gasteiger partial charge is 0.118 e. The Hall–Kier alpha value is -1.06. The second-order valence-electron chi connectivity index (χ2n) is 5.82. The average molecular weight is 278 g/mol. The van der Waals surface area contributed by atoms with Crippen LogP contribution >= 0.6 is 0 Å². The van der Waals surface area contributed by atoms with Gasteiger partial charge in [0.2, 0.25) is 0 Å². The number of methoxy groups -OCH3 is 1. The van der Waals surface area contributed by atoms with Crippen molar-refractivity contribution in [2.75, 3.05) is 27.2 Å². The van der Waals surface area contributed by atoms with Crippen molar-refractivity contribution in [2.24, 2.45) is 5.73 Å². The van der Waals surface area contributed by atoms with E-state index in [-0.39, 0.29) is 5.54 Å². The minimum absolute atomic E-state index is 0.0785. The van der Waals surface area contributed by atoms with Crippen molar-refractivity contribution in [2.45, 2.75) is 45.1 Å². The third-order valence-corrected chi connectivity index (χ3v) is 4.32. The van der Waals surface area contributed by atoms with E-state index in [2.05, 4.69) is 37.9 Å². The molecule has 1 unspecified atom stereocenters. The molecule has 0 saturated carbocycles. The van der Waals surface area contributed by atoms with E-state index in [4.69, 9.17) is 10.5 Å². The molecule has 0 radical (unpaired) electrons. The minimum Gasteiger partial charge on any atom is -0.497 e. The Morgan fingerprint density at radius 3 is 2.40 bits per heavy atom. The molecule has 0 aliphatic heterocycles. The normalized spacial score (nSPS) is 14.3. The van der Waals surface area contributed by atoms with Gasteiger partial charge in [0.25, 0.3) is 0 Å². The van der Waals surface area contributed by atoms with Gasteiger partial charge in [-0.15, -0.1) is 0 Å². The number of likely N-dealkylation sites (N-methyl/N-ethyl adjacent to an activating group) is 1. The molecule has 1 aromatic carbocycles. The first-order valence-corrected chi connectivity index (χ1v) is 7.60. The number of ether oxygens (including phenoxy) is 1.